The quantitative estimate of drug-likeness (QED) is 0.752. The first-order valence-corrected chi connectivity index (χ1v) is 6.87. The number of aliphatic hydroxyl groups is 1. The van der Waals surface area contributed by atoms with E-state index in [1.54, 1.807) is 6.92 Å². The van der Waals surface area contributed by atoms with E-state index < -0.39 is 11.6 Å². The summed E-state index contributed by atoms with van der Waals surface area (Å²) in [7, 11) is 0. The smallest absolute Gasteiger partial charge is 0.335 e. The molecule has 4 heteroatoms. The fraction of sp³-hybridized carbons (Fsp3) is 0.929. The van der Waals surface area contributed by atoms with Gasteiger partial charge in [0.1, 0.15) is 0 Å². The van der Waals surface area contributed by atoms with Crippen LogP contribution in [0.15, 0.2) is 0 Å². The Bertz CT molecular complexity index is 343. The van der Waals surface area contributed by atoms with Crippen molar-refractivity contribution in [3.8, 4) is 0 Å². The number of hydrogen-bond acceptors (Lipinski definition) is 3. The SMILES string of the molecule is CC1C(C)C2OC(C)(C(=O)O)CCC2C(C)C1O. The summed E-state index contributed by atoms with van der Waals surface area (Å²) < 4.78 is 5.93. The summed E-state index contributed by atoms with van der Waals surface area (Å²) in [5.74, 6) is -0.0738. The number of rotatable bonds is 1. The third-order valence-electron chi connectivity index (χ3n) is 5.33. The minimum atomic E-state index is -1.06. The van der Waals surface area contributed by atoms with Crippen molar-refractivity contribution in [1.82, 2.24) is 0 Å². The minimum absolute atomic E-state index is 0.0479. The van der Waals surface area contributed by atoms with Crippen LogP contribution in [0.2, 0.25) is 0 Å². The van der Waals surface area contributed by atoms with E-state index in [4.69, 9.17) is 4.74 Å². The average molecular weight is 256 g/mol. The molecule has 104 valence electrons. The van der Waals surface area contributed by atoms with Gasteiger partial charge in [-0.05, 0) is 43.4 Å². The van der Waals surface area contributed by atoms with Crippen molar-refractivity contribution in [2.24, 2.45) is 23.7 Å². The van der Waals surface area contributed by atoms with Crippen molar-refractivity contribution >= 4 is 5.97 Å². The Kier molecular flexibility index (Phi) is 3.45. The molecule has 7 atom stereocenters. The first-order chi connectivity index (χ1) is 8.28. The zero-order valence-electron chi connectivity index (χ0n) is 11.6. The van der Waals surface area contributed by atoms with E-state index in [0.717, 1.165) is 6.42 Å². The number of carboxylic acid groups (broad SMARTS) is 1. The van der Waals surface area contributed by atoms with Crippen molar-refractivity contribution in [2.75, 3.05) is 0 Å². The van der Waals surface area contributed by atoms with E-state index in [1.807, 2.05) is 6.92 Å². The highest BCUT2D eigenvalue weighted by molar-refractivity contribution is 5.77. The van der Waals surface area contributed by atoms with Crippen LogP contribution in [0.5, 0.6) is 0 Å². The molecule has 18 heavy (non-hydrogen) atoms. The summed E-state index contributed by atoms with van der Waals surface area (Å²) in [5.41, 5.74) is -1.06. The van der Waals surface area contributed by atoms with Crippen LogP contribution < -0.4 is 0 Å². The summed E-state index contributed by atoms with van der Waals surface area (Å²) >= 11 is 0. The predicted octanol–water partition coefficient (Wildman–Crippen LogP) is 1.91. The number of aliphatic carboxylic acids is 1. The largest absolute Gasteiger partial charge is 0.479 e. The normalized spacial score (nSPS) is 52.7. The number of aliphatic hydroxyl groups excluding tert-OH is 1. The molecule has 2 aliphatic rings. The predicted molar refractivity (Wildman–Crippen MR) is 67.1 cm³/mol. The van der Waals surface area contributed by atoms with Crippen LogP contribution in [0.1, 0.15) is 40.5 Å². The zero-order chi connectivity index (χ0) is 13.7. The number of carboxylic acids is 1. The third kappa shape index (κ3) is 1.95. The molecule has 1 aliphatic heterocycles. The zero-order valence-corrected chi connectivity index (χ0v) is 11.6. The van der Waals surface area contributed by atoms with E-state index in [-0.39, 0.29) is 35.9 Å². The van der Waals surface area contributed by atoms with Gasteiger partial charge < -0.3 is 14.9 Å². The fourth-order valence-electron chi connectivity index (χ4n) is 3.61. The number of fused-ring (bicyclic) bond motifs is 1. The topological polar surface area (TPSA) is 66.8 Å². The van der Waals surface area contributed by atoms with Crippen LogP contribution >= 0.6 is 0 Å². The lowest BCUT2D eigenvalue weighted by molar-refractivity contribution is -0.223. The Labute approximate surface area is 108 Å². The summed E-state index contributed by atoms with van der Waals surface area (Å²) in [6.45, 7) is 7.80. The second-order valence-corrected chi connectivity index (χ2v) is 6.39. The van der Waals surface area contributed by atoms with Gasteiger partial charge in [0.25, 0.3) is 0 Å². The maximum atomic E-state index is 11.3. The molecule has 1 saturated carbocycles. The van der Waals surface area contributed by atoms with Gasteiger partial charge in [0.05, 0.1) is 12.2 Å². The Morgan fingerprint density at radius 2 is 1.83 bits per heavy atom. The van der Waals surface area contributed by atoms with Gasteiger partial charge in [0.2, 0.25) is 0 Å². The van der Waals surface area contributed by atoms with Crippen molar-refractivity contribution in [3.05, 3.63) is 0 Å². The molecule has 0 bridgehead atoms. The minimum Gasteiger partial charge on any atom is -0.479 e. The molecule has 1 aliphatic carbocycles. The highest BCUT2D eigenvalue weighted by Gasteiger charge is 2.52. The number of ether oxygens (including phenoxy) is 1. The summed E-state index contributed by atoms with van der Waals surface area (Å²) in [6, 6.07) is 0. The van der Waals surface area contributed by atoms with Crippen molar-refractivity contribution in [1.29, 1.82) is 0 Å². The molecule has 0 amide bonds. The molecule has 7 unspecified atom stereocenters. The van der Waals surface area contributed by atoms with E-state index >= 15 is 0 Å². The summed E-state index contributed by atoms with van der Waals surface area (Å²) in [6.07, 6.45) is 0.997. The van der Waals surface area contributed by atoms with Crippen LogP contribution in [0, 0.1) is 23.7 Å². The standard InChI is InChI=1S/C14H24O4/c1-7-8(2)12-10(9(3)11(7)15)5-6-14(4,18-12)13(16)17/h7-12,15H,5-6H2,1-4H3,(H,16,17). The van der Waals surface area contributed by atoms with E-state index in [1.165, 1.54) is 0 Å². The summed E-state index contributed by atoms with van der Waals surface area (Å²) in [4.78, 5) is 11.3. The monoisotopic (exact) mass is 256 g/mol. The van der Waals surface area contributed by atoms with Crippen molar-refractivity contribution in [3.63, 3.8) is 0 Å². The van der Waals surface area contributed by atoms with E-state index in [0.29, 0.717) is 6.42 Å². The maximum Gasteiger partial charge on any atom is 0.335 e. The molecule has 0 radical (unpaired) electrons. The van der Waals surface area contributed by atoms with Gasteiger partial charge in [-0.3, -0.25) is 0 Å². The molecule has 0 aromatic heterocycles. The van der Waals surface area contributed by atoms with Gasteiger partial charge in [-0.2, -0.15) is 0 Å². The second-order valence-electron chi connectivity index (χ2n) is 6.39. The lowest BCUT2D eigenvalue weighted by Crippen LogP contribution is -2.58. The van der Waals surface area contributed by atoms with E-state index in [2.05, 4.69) is 13.8 Å². The third-order valence-corrected chi connectivity index (χ3v) is 5.33. The molecular weight excluding hydrogens is 232 g/mol. The molecular formula is C14H24O4. The molecule has 2 fully saturated rings. The van der Waals surface area contributed by atoms with Crippen LogP contribution in [-0.2, 0) is 9.53 Å². The number of hydrogen-bond donors (Lipinski definition) is 2. The molecule has 2 N–H and O–H groups in total. The lowest BCUT2D eigenvalue weighted by Gasteiger charge is -2.52. The maximum absolute atomic E-state index is 11.3. The Morgan fingerprint density at radius 1 is 1.22 bits per heavy atom. The van der Waals surface area contributed by atoms with Crippen molar-refractivity contribution in [2.45, 2.75) is 58.3 Å². The van der Waals surface area contributed by atoms with Crippen LogP contribution in [0.4, 0.5) is 0 Å². The van der Waals surface area contributed by atoms with Gasteiger partial charge in [0.15, 0.2) is 5.60 Å². The van der Waals surface area contributed by atoms with Gasteiger partial charge in [-0.15, -0.1) is 0 Å². The first kappa shape index (κ1) is 13.8. The van der Waals surface area contributed by atoms with Gasteiger partial charge in [-0.1, -0.05) is 20.8 Å². The Hall–Kier alpha value is -0.610. The molecule has 0 aromatic carbocycles. The summed E-state index contributed by atoms with van der Waals surface area (Å²) in [5, 5.41) is 19.5. The van der Waals surface area contributed by atoms with Gasteiger partial charge in [0, 0.05) is 0 Å². The molecule has 0 spiro atoms. The Balaban J connectivity index is 2.23. The molecule has 1 saturated heterocycles. The first-order valence-electron chi connectivity index (χ1n) is 6.87. The average Bonchev–Trinajstić information content (AvgIpc) is 2.33. The van der Waals surface area contributed by atoms with Crippen LogP contribution in [0.25, 0.3) is 0 Å². The highest BCUT2D eigenvalue weighted by Crippen LogP contribution is 2.47. The van der Waals surface area contributed by atoms with E-state index in [9.17, 15) is 15.0 Å². The van der Waals surface area contributed by atoms with Gasteiger partial charge in [-0.25, -0.2) is 4.79 Å². The van der Waals surface area contributed by atoms with Crippen molar-refractivity contribution < 1.29 is 19.7 Å². The second kappa shape index (κ2) is 4.49. The highest BCUT2D eigenvalue weighted by atomic mass is 16.5. The lowest BCUT2D eigenvalue weighted by atomic mass is 9.63. The number of carbonyl (C=O) groups is 1. The molecule has 0 aromatic rings. The Morgan fingerprint density at radius 3 is 2.39 bits per heavy atom. The molecule has 2 rings (SSSR count). The van der Waals surface area contributed by atoms with Crippen LogP contribution in [0.3, 0.4) is 0 Å². The molecule has 4 nitrogen and oxygen atoms in total. The molecule has 1 heterocycles. The van der Waals surface area contributed by atoms with Gasteiger partial charge >= 0.3 is 5.97 Å². The fourth-order valence-corrected chi connectivity index (χ4v) is 3.61. The van der Waals surface area contributed by atoms with Crippen LogP contribution in [-0.4, -0.2) is 34.0 Å².